The van der Waals surface area contributed by atoms with Gasteiger partial charge in [-0.15, -0.1) is 0 Å². The summed E-state index contributed by atoms with van der Waals surface area (Å²) in [5, 5.41) is 10.4. The molecule has 0 fully saturated rings. The Kier molecular flexibility index (Phi) is 9.32. The molecule has 0 aliphatic rings. The van der Waals surface area contributed by atoms with E-state index in [1.165, 1.54) is 0 Å². The molecule has 3 rings (SSSR count). The van der Waals surface area contributed by atoms with Crippen molar-refractivity contribution >= 4 is 28.9 Å². The minimum Gasteiger partial charge on any atom is -0.508 e. The first kappa shape index (κ1) is 29.2. The summed E-state index contributed by atoms with van der Waals surface area (Å²) in [6.45, 7) is 14.5. The van der Waals surface area contributed by atoms with E-state index in [2.05, 4.69) is 25.8 Å². The van der Waals surface area contributed by atoms with Crippen molar-refractivity contribution in [2.24, 2.45) is 0 Å². The molecule has 2 aromatic carbocycles. The highest BCUT2D eigenvalue weighted by atomic mass is 16.6. The van der Waals surface area contributed by atoms with Crippen LogP contribution in [0.25, 0.3) is 10.9 Å². The van der Waals surface area contributed by atoms with Gasteiger partial charge in [0.15, 0.2) is 0 Å². The van der Waals surface area contributed by atoms with Gasteiger partial charge in [0.1, 0.15) is 17.0 Å². The maximum absolute atomic E-state index is 13.3. The second kappa shape index (κ2) is 11.8. The smallest absolute Gasteiger partial charge is 0.373 e. The number of amides is 1. The fourth-order valence-electron chi connectivity index (χ4n) is 3.61. The minimum atomic E-state index is -0.598. The molecule has 0 unspecified atom stereocenters. The van der Waals surface area contributed by atoms with Gasteiger partial charge in [0.05, 0.1) is 11.1 Å². The number of rotatable bonds is 5. The van der Waals surface area contributed by atoms with Crippen molar-refractivity contribution < 1.29 is 29.0 Å². The molecule has 1 amide bonds. The maximum atomic E-state index is 13.3. The average molecular weight is 507 g/mol. The van der Waals surface area contributed by atoms with Crippen LogP contribution in [0.3, 0.4) is 0 Å². The summed E-state index contributed by atoms with van der Waals surface area (Å²) >= 11 is 0. The Morgan fingerprint density at radius 3 is 2.19 bits per heavy atom. The van der Waals surface area contributed by atoms with Gasteiger partial charge in [-0.05, 0) is 80.6 Å². The third-order valence-electron chi connectivity index (χ3n) is 5.43. The van der Waals surface area contributed by atoms with Crippen LogP contribution >= 0.6 is 0 Å². The van der Waals surface area contributed by atoms with Gasteiger partial charge >= 0.3 is 12.1 Å². The molecule has 0 saturated heterocycles. The van der Waals surface area contributed by atoms with Crippen molar-refractivity contribution in [3.63, 3.8) is 0 Å². The largest absolute Gasteiger partial charge is 0.508 e. The molecule has 0 saturated carbocycles. The molecule has 1 aromatic heterocycles. The quantitative estimate of drug-likeness (QED) is 0.469. The van der Waals surface area contributed by atoms with E-state index in [1.54, 1.807) is 41.3 Å². The highest BCUT2D eigenvalue weighted by Crippen LogP contribution is 2.27. The molecule has 1 heterocycles. The zero-order chi connectivity index (χ0) is 28.0. The molecule has 196 valence electrons. The maximum Gasteiger partial charge on any atom is 0.373 e. The summed E-state index contributed by atoms with van der Waals surface area (Å²) in [5.41, 5.74) is 2.52. The number of pyridine rings is 1. The molecule has 37 heavy (non-hydrogen) atoms. The van der Waals surface area contributed by atoms with Crippen molar-refractivity contribution in [1.29, 1.82) is 0 Å². The van der Waals surface area contributed by atoms with E-state index in [0.29, 0.717) is 29.9 Å². The normalized spacial score (nSPS) is 11.2. The van der Waals surface area contributed by atoms with E-state index >= 15 is 0 Å². The molecule has 8 heteroatoms. The van der Waals surface area contributed by atoms with Crippen LogP contribution < -0.4 is 0 Å². The standard InChI is InChI=1S/C28H34N2O4.CO2/c1-8-30(25(32)24-11-9-19-16-22(31)10-12-23(19)29-24)17-18-13-20(26(33)34-28(5,6)7)15-21(14-18)27(2,3)4;2-1-3/h9-16,31H,8,17H2,1-7H3;. The summed E-state index contributed by atoms with van der Waals surface area (Å²) in [6.07, 6.45) is 0.250. The minimum absolute atomic E-state index is 0.156. The lowest BCUT2D eigenvalue weighted by atomic mass is 9.85. The lowest BCUT2D eigenvalue weighted by Gasteiger charge is -2.25. The van der Waals surface area contributed by atoms with Gasteiger partial charge in [0.25, 0.3) is 5.91 Å². The van der Waals surface area contributed by atoms with Crippen LogP contribution in [-0.4, -0.2) is 45.2 Å². The highest BCUT2D eigenvalue weighted by molar-refractivity contribution is 5.95. The number of carbonyl (C=O) groups is 2. The number of fused-ring (bicyclic) bond motifs is 1. The second-order valence-corrected chi connectivity index (χ2v) is 10.6. The molecule has 3 aromatic rings. The Morgan fingerprint density at radius 2 is 1.62 bits per heavy atom. The predicted molar refractivity (Wildman–Crippen MR) is 139 cm³/mol. The van der Waals surface area contributed by atoms with Crippen LogP contribution in [0.2, 0.25) is 0 Å². The molecular weight excluding hydrogens is 472 g/mol. The topological polar surface area (TPSA) is 114 Å². The number of benzene rings is 2. The first-order valence-corrected chi connectivity index (χ1v) is 11.9. The molecular formula is C29H34N2O6. The summed E-state index contributed by atoms with van der Waals surface area (Å²) < 4.78 is 5.60. The van der Waals surface area contributed by atoms with Crippen molar-refractivity contribution in [2.75, 3.05) is 6.54 Å². The lowest BCUT2D eigenvalue weighted by molar-refractivity contribution is -0.191. The zero-order valence-corrected chi connectivity index (χ0v) is 22.4. The van der Waals surface area contributed by atoms with Gasteiger partial charge in [-0.1, -0.05) is 32.9 Å². The van der Waals surface area contributed by atoms with Crippen LogP contribution in [0.4, 0.5) is 0 Å². The molecule has 8 nitrogen and oxygen atoms in total. The fraction of sp³-hybridized carbons (Fsp3) is 0.379. The Balaban J connectivity index is 0.00000153. The van der Waals surface area contributed by atoms with E-state index in [-0.39, 0.29) is 29.2 Å². The number of phenols is 1. The van der Waals surface area contributed by atoms with Gasteiger partial charge < -0.3 is 14.7 Å². The molecule has 0 bridgehead atoms. The highest BCUT2D eigenvalue weighted by Gasteiger charge is 2.23. The number of carbonyl (C=O) groups excluding carboxylic acids is 4. The second-order valence-electron chi connectivity index (χ2n) is 10.6. The lowest BCUT2D eigenvalue weighted by Crippen LogP contribution is -2.31. The van der Waals surface area contributed by atoms with E-state index < -0.39 is 5.60 Å². The Morgan fingerprint density at radius 1 is 0.973 bits per heavy atom. The van der Waals surface area contributed by atoms with Crippen molar-refractivity contribution in [2.45, 2.75) is 66.0 Å². The number of nitrogens with zero attached hydrogens (tertiary/aromatic N) is 2. The first-order chi connectivity index (χ1) is 17.2. The predicted octanol–water partition coefficient (Wildman–Crippen LogP) is 5.27. The fourth-order valence-corrected chi connectivity index (χ4v) is 3.61. The van der Waals surface area contributed by atoms with Crippen molar-refractivity contribution in [1.82, 2.24) is 9.88 Å². The average Bonchev–Trinajstić information content (AvgIpc) is 2.80. The molecule has 0 atom stereocenters. The molecule has 0 radical (unpaired) electrons. The molecule has 0 aliphatic carbocycles. The first-order valence-electron chi connectivity index (χ1n) is 11.9. The number of esters is 1. The van der Waals surface area contributed by atoms with E-state index in [9.17, 15) is 14.7 Å². The summed E-state index contributed by atoms with van der Waals surface area (Å²) in [7, 11) is 0. The molecule has 0 aliphatic heterocycles. The SMILES string of the molecule is CCN(Cc1cc(C(=O)OC(C)(C)C)cc(C(C)(C)C)c1)C(=O)c1ccc2cc(O)ccc2n1.O=C=O. The van der Waals surface area contributed by atoms with Gasteiger partial charge in [-0.3, -0.25) is 4.79 Å². The number of phenolic OH excluding ortho intramolecular Hbond substituents is 1. The number of aromatic hydroxyl groups is 1. The third-order valence-corrected chi connectivity index (χ3v) is 5.43. The number of hydrogen-bond donors (Lipinski definition) is 1. The Bertz CT molecular complexity index is 1310. The van der Waals surface area contributed by atoms with Crippen LogP contribution in [0.5, 0.6) is 5.75 Å². The summed E-state index contributed by atoms with van der Waals surface area (Å²) in [4.78, 5) is 48.6. The van der Waals surface area contributed by atoms with Gasteiger partial charge in [0.2, 0.25) is 0 Å². The van der Waals surface area contributed by atoms with Crippen molar-refractivity contribution in [3.05, 3.63) is 70.9 Å². The van der Waals surface area contributed by atoms with Gasteiger partial charge in [-0.2, -0.15) is 9.59 Å². The van der Waals surface area contributed by atoms with E-state index in [0.717, 1.165) is 16.5 Å². The monoisotopic (exact) mass is 506 g/mol. The molecule has 0 spiro atoms. The van der Waals surface area contributed by atoms with Crippen molar-refractivity contribution in [3.8, 4) is 5.75 Å². The Labute approximate surface area is 217 Å². The zero-order valence-electron chi connectivity index (χ0n) is 22.4. The Hall–Kier alpha value is -4.03. The third kappa shape index (κ3) is 8.26. The number of aromatic nitrogens is 1. The van der Waals surface area contributed by atoms with E-state index in [4.69, 9.17) is 14.3 Å². The van der Waals surface area contributed by atoms with Gasteiger partial charge in [-0.25, -0.2) is 9.78 Å². The van der Waals surface area contributed by atoms with Crippen LogP contribution in [0, 0.1) is 0 Å². The summed E-state index contributed by atoms with van der Waals surface area (Å²) in [5.74, 6) is -0.422. The van der Waals surface area contributed by atoms with E-state index in [1.807, 2.05) is 39.8 Å². The summed E-state index contributed by atoms with van der Waals surface area (Å²) in [6, 6.07) is 14.0. The van der Waals surface area contributed by atoms with Crippen LogP contribution in [-0.2, 0) is 26.3 Å². The van der Waals surface area contributed by atoms with Crippen LogP contribution in [0.1, 0.15) is 80.4 Å². The number of hydrogen-bond acceptors (Lipinski definition) is 7. The van der Waals surface area contributed by atoms with Gasteiger partial charge in [0, 0.05) is 18.5 Å². The van der Waals surface area contributed by atoms with Crippen LogP contribution in [0.15, 0.2) is 48.5 Å². The number of ether oxygens (including phenoxy) is 1. The molecule has 1 N–H and O–H groups in total.